The number of benzene rings is 3. The number of fused-ring (bicyclic) bond motifs is 1. The molecule has 210 valence electrons. The highest BCUT2D eigenvalue weighted by Gasteiger charge is 2.34. The largest absolute Gasteiger partial charge is 0.487 e. The fourth-order valence-corrected chi connectivity index (χ4v) is 8.09. The molecule has 0 unspecified atom stereocenters. The van der Waals surface area contributed by atoms with Crippen molar-refractivity contribution >= 4 is 96.1 Å². The number of hydrogen-bond acceptors (Lipinski definition) is 6. The van der Waals surface area contributed by atoms with Crippen molar-refractivity contribution in [1.29, 1.82) is 0 Å². The number of esters is 1. The smallest absolute Gasteiger partial charge is 0.338 e. The Hall–Kier alpha value is -2.00. The Morgan fingerprint density at radius 3 is 2.61 bits per heavy atom. The zero-order valence-corrected chi connectivity index (χ0v) is 29.3. The molecule has 6 nitrogen and oxygen atoms in total. The van der Waals surface area contributed by atoms with Crippen LogP contribution in [0.1, 0.15) is 36.6 Å². The molecule has 0 aliphatic carbocycles. The van der Waals surface area contributed by atoms with Crippen LogP contribution < -0.4 is 19.6 Å². The maximum absolute atomic E-state index is 14.1. The third-order valence-electron chi connectivity index (χ3n) is 6.34. The van der Waals surface area contributed by atoms with Gasteiger partial charge in [0.15, 0.2) is 4.80 Å². The van der Waals surface area contributed by atoms with Gasteiger partial charge < -0.3 is 9.47 Å². The van der Waals surface area contributed by atoms with E-state index in [0.29, 0.717) is 43.5 Å². The molecular weight excluding hydrogens is 854 g/mol. The summed E-state index contributed by atoms with van der Waals surface area (Å²) >= 11 is 15.8. The van der Waals surface area contributed by atoms with E-state index in [0.717, 1.165) is 22.7 Å². The first-order chi connectivity index (χ1) is 19.7. The first-order valence-corrected chi connectivity index (χ1v) is 16.6. The van der Waals surface area contributed by atoms with Crippen LogP contribution in [-0.4, -0.2) is 17.1 Å². The van der Waals surface area contributed by atoms with E-state index in [-0.39, 0.29) is 12.2 Å². The summed E-state index contributed by atoms with van der Waals surface area (Å²) in [5, 5.41) is 0.444. The molecule has 41 heavy (non-hydrogen) atoms. The zero-order chi connectivity index (χ0) is 29.3. The summed E-state index contributed by atoms with van der Waals surface area (Å²) < 4.78 is 16.6. The predicted molar refractivity (Wildman–Crippen MR) is 182 cm³/mol. The van der Waals surface area contributed by atoms with Crippen molar-refractivity contribution in [3.8, 4) is 5.75 Å². The van der Waals surface area contributed by atoms with Crippen LogP contribution in [0.25, 0.3) is 6.08 Å². The second-order valence-electron chi connectivity index (χ2n) is 9.04. The van der Waals surface area contributed by atoms with Crippen LogP contribution in [0.5, 0.6) is 5.75 Å². The lowest BCUT2D eigenvalue weighted by atomic mass is 9.96. The van der Waals surface area contributed by atoms with E-state index in [1.54, 1.807) is 19.9 Å². The molecule has 1 aromatic heterocycles. The summed E-state index contributed by atoms with van der Waals surface area (Å²) in [6, 6.07) is 18.4. The van der Waals surface area contributed by atoms with Gasteiger partial charge in [-0.25, -0.2) is 9.79 Å². The van der Waals surface area contributed by atoms with E-state index in [4.69, 9.17) is 21.1 Å². The molecule has 5 rings (SSSR count). The third-order valence-corrected chi connectivity index (χ3v) is 9.62. The summed E-state index contributed by atoms with van der Waals surface area (Å²) in [6.45, 7) is 4.07. The Balaban J connectivity index is 1.65. The highest BCUT2D eigenvalue weighted by Crippen LogP contribution is 2.35. The van der Waals surface area contributed by atoms with Crippen LogP contribution in [0.15, 0.2) is 86.2 Å². The molecule has 0 bridgehead atoms. The number of allylic oxidation sites excluding steroid dienone is 1. The normalized spacial score (nSPS) is 15.0. The Morgan fingerprint density at radius 2 is 1.90 bits per heavy atom. The molecular formula is C30H22BrClI2N2O4S. The van der Waals surface area contributed by atoms with Gasteiger partial charge in [-0.05, 0) is 107 Å². The molecule has 1 atom stereocenters. The van der Waals surface area contributed by atoms with Crippen LogP contribution in [0.3, 0.4) is 0 Å². The quantitative estimate of drug-likeness (QED) is 0.148. The minimum Gasteiger partial charge on any atom is -0.487 e. The summed E-state index contributed by atoms with van der Waals surface area (Å²) in [5.74, 6) is 0.162. The number of nitrogens with zero attached hydrogens (tertiary/aromatic N) is 2. The molecule has 0 saturated heterocycles. The number of carbonyl (C=O) groups is 1. The van der Waals surface area contributed by atoms with E-state index in [9.17, 15) is 9.59 Å². The third kappa shape index (κ3) is 6.51. The second-order valence-corrected chi connectivity index (χ2v) is 13.8. The number of halogens is 4. The first-order valence-electron chi connectivity index (χ1n) is 12.5. The Kier molecular flexibility index (Phi) is 9.74. The summed E-state index contributed by atoms with van der Waals surface area (Å²) in [6.07, 6.45) is 1.83. The van der Waals surface area contributed by atoms with Crippen molar-refractivity contribution in [3.63, 3.8) is 0 Å². The molecule has 3 aromatic carbocycles. The van der Waals surface area contributed by atoms with Gasteiger partial charge in [-0.2, -0.15) is 0 Å². The molecule has 0 spiro atoms. The highest BCUT2D eigenvalue weighted by atomic mass is 127. The number of aromatic nitrogens is 1. The Morgan fingerprint density at radius 1 is 1.17 bits per heavy atom. The molecule has 0 radical (unpaired) electrons. The van der Waals surface area contributed by atoms with Gasteiger partial charge in [0, 0.05) is 18.6 Å². The van der Waals surface area contributed by atoms with Crippen LogP contribution in [0, 0.1) is 7.14 Å². The number of ether oxygens (including phenoxy) is 2. The standard InChI is InChI=1S/C30H22BrClI2N2O4S/c1-3-39-29(38)25-16(2)35-30-36(26(25)21-6-4-5-7-22(21)32)28(37)24(41-30)13-18-12-20(33)14-23(34)27(18)40-15-17-8-10-19(31)11-9-17/h4-14,26H,3,15H2,1-2H3/b24-13-/t26-/m0/s1. The molecule has 0 amide bonds. The van der Waals surface area contributed by atoms with E-state index >= 15 is 0 Å². The zero-order valence-electron chi connectivity index (χ0n) is 21.8. The van der Waals surface area contributed by atoms with Crippen molar-refractivity contribution < 1.29 is 14.3 Å². The number of rotatable bonds is 7. The van der Waals surface area contributed by atoms with E-state index in [1.165, 1.54) is 15.9 Å². The number of carbonyl (C=O) groups excluding carboxylic acids is 1. The topological polar surface area (TPSA) is 69.9 Å². The van der Waals surface area contributed by atoms with Crippen molar-refractivity contribution in [1.82, 2.24) is 4.57 Å². The van der Waals surface area contributed by atoms with Crippen LogP contribution in [0.4, 0.5) is 0 Å². The number of hydrogen-bond donors (Lipinski definition) is 0. The lowest BCUT2D eigenvalue weighted by Gasteiger charge is -2.25. The molecule has 2 heterocycles. The average Bonchev–Trinajstić information content (AvgIpc) is 3.23. The Bertz CT molecular complexity index is 1870. The monoisotopic (exact) mass is 874 g/mol. The van der Waals surface area contributed by atoms with Crippen molar-refractivity contribution in [2.24, 2.45) is 4.99 Å². The van der Waals surface area contributed by atoms with Gasteiger partial charge in [0.05, 0.1) is 26.0 Å². The van der Waals surface area contributed by atoms with Crippen molar-refractivity contribution in [3.05, 3.63) is 125 Å². The van der Waals surface area contributed by atoms with Crippen molar-refractivity contribution in [2.45, 2.75) is 26.5 Å². The second kappa shape index (κ2) is 13.1. The first kappa shape index (κ1) is 30.5. The SMILES string of the molecule is CCOC(=O)C1=C(C)N=c2s/c(=C\c3cc(I)cc(I)c3OCc3ccc(Br)cc3)c(=O)n2[C@H]1c1ccccc1Cl. The summed E-state index contributed by atoms with van der Waals surface area (Å²) in [4.78, 5) is 32.3. The van der Waals surface area contributed by atoms with Crippen LogP contribution in [-0.2, 0) is 16.1 Å². The fraction of sp³-hybridized carbons (Fsp3) is 0.167. The summed E-state index contributed by atoms with van der Waals surface area (Å²) in [5.41, 5.74) is 2.93. The molecule has 1 aliphatic rings. The predicted octanol–water partition coefficient (Wildman–Crippen LogP) is 7.00. The van der Waals surface area contributed by atoms with Gasteiger partial charge in [-0.3, -0.25) is 9.36 Å². The maximum atomic E-state index is 14.1. The van der Waals surface area contributed by atoms with Gasteiger partial charge in [-0.1, -0.05) is 69.2 Å². The van der Waals surface area contributed by atoms with Crippen molar-refractivity contribution in [2.75, 3.05) is 6.61 Å². The van der Waals surface area contributed by atoms with E-state index in [2.05, 4.69) is 66.1 Å². The Labute approximate surface area is 281 Å². The molecule has 0 fully saturated rings. The van der Waals surface area contributed by atoms with Gasteiger partial charge in [0.1, 0.15) is 18.4 Å². The minimum atomic E-state index is -0.773. The van der Waals surface area contributed by atoms with E-state index < -0.39 is 12.0 Å². The van der Waals surface area contributed by atoms with Crippen LogP contribution in [0.2, 0.25) is 5.02 Å². The fourth-order valence-electron chi connectivity index (χ4n) is 4.50. The average molecular weight is 876 g/mol. The molecule has 4 aromatic rings. The number of thiazole rings is 1. The van der Waals surface area contributed by atoms with Gasteiger partial charge >= 0.3 is 5.97 Å². The molecule has 0 saturated carbocycles. The van der Waals surface area contributed by atoms with Gasteiger partial charge in [-0.15, -0.1) is 0 Å². The molecule has 0 N–H and O–H groups in total. The lowest BCUT2D eigenvalue weighted by Crippen LogP contribution is -2.40. The maximum Gasteiger partial charge on any atom is 0.338 e. The van der Waals surface area contributed by atoms with Gasteiger partial charge in [0.2, 0.25) is 0 Å². The van der Waals surface area contributed by atoms with Crippen LogP contribution >= 0.6 is 84.0 Å². The molecule has 11 heteroatoms. The summed E-state index contributed by atoms with van der Waals surface area (Å²) in [7, 11) is 0. The van der Waals surface area contributed by atoms with E-state index in [1.807, 2.05) is 60.7 Å². The minimum absolute atomic E-state index is 0.198. The highest BCUT2D eigenvalue weighted by molar-refractivity contribution is 14.1. The van der Waals surface area contributed by atoms with Gasteiger partial charge in [0.25, 0.3) is 5.56 Å². The lowest BCUT2D eigenvalue weighted by molar-refractivity contribution is -0.139. The molecule has 1 aliphatic heterocycles.